The van der Waals surface area contributed by atoms with Crippen LogP contribution in [0, 0.1) is 0 Å². The minimum Gasteiger partial charge on any atom is -0.394 e. The summed E-state index contributed by atoms with van der Waals surface area (Å²) in [5.74, 6) is 0. The van der Waals surface area contributed by atoms with E-state index in [9.17, 15) is 5.11 Å². The molecule has 0 saturated carbocycles. The second kappa shape index (κ2) is 3.27. The maximum absolute atomic E-state index is 9.53. The van der Waals surface area contributed by atoms with Gasteiger partial charge in [-0.05, 0) is 6.92 Å². The lowest BCUT2D eigenvalue weighted by Crippen LogP contribution is -2.54. The maximum Gasteiger partial charge on any atom is 0.177 e. The number of nitrogens with two attached hydrogens (primary N) is 1. The molecule has 1 aliphatic rings. The molecule has 1 rings (SSSR count). The van der Waals surface area contributed by atoms with Crippen molar-refractivity contribution >= 4 is 0 Å². The first-order valence-electron chi connectivity index (χ1n) is 3.80. The van der Waals surface area contributed by atoms with Crippen LogP contribution < -0.4 is 5.73 Å². The van der Waals surface area contributed by atoms with Crippen molar-refractivity contribution in [1.82, 2.24) is 0 Å². The largest absolute Gasteiger partial charge is 0.394 e. The van der Waals surface area contributed by atoms with Crippen LogP contribution in [-0.4, -0.2) is 48.0 Å². The number of rotatable bonds is 2. The van der Waals surface area contributed by atoms with Crippen molar-refractivity contribution in [2.24, 2.45) is 5.73 Å². The minimum absolute atomic E-state index is 0.256. The van der Waals surface area contributed by atoms with Gasteiger partial charge in [-0.2, -0.15) is 0 Å². The van der Waals surface area contributed by atoms with Gasteiger partial charge in [0.2, 0.25) is 0 Å². The van der Waals surface area contributed by atoms with Crippen LogP contribution in [0.4, 0.5) is 0 Å². The zero-order valence-electron chi connectivity index (χ0n) is 7.23. The summed E-state index contributed by atoms with van der Waals surface area (Å²) in [5.41, 5.74) is 4.77. The molecule has 0 amide bonds. The summed E-state index contributed by atoms with van der Waals surface area (Å²) in [4.78, 5) is 0. The van der Waals surface area contributed by atoms with Crippen LogP contribution in [0.15, 0.2) is 0 Å². The van der Waals surface area contributed by atoms with Crippen molar-refractivity contribution in [2.75, 3.05) is 13.7 Å². The minimum atomic E-state index is -0.956. The first kappa shape index (κ1) is 9.88. The summed E-state index contributed by atoms with van der Waals surface area (Å²) in [6.07, 6.45) is -2.21. The molecule has 4 atom stereocenters. The molecule has 0 aromatic carbocycles. The first-order valence-corrected chi connectivity index (χ1v) is 3.80. The van der Waals surface area contributed by atoms with Crippen molar-refractivity contribution in [3.8, 4) is 0 Å². The van der Waals surface area contributed by atoms with E-state index in [0.29, 0.717) is 0 Å². The third kappa shape index (κ3) is 1.34. The van der Waals surface area contributed by atoms with Gasteiger partial charge < -0.3 is 25.4 Å². The van der Waals surface area contributed by atoms with Crippen LogP contribution in [-0.2, 0) is 9.47 Å². The molecule has 72 valence electrons. The molecule has 0 bridgehead atoms. The second-order valence-electron chi connectivity index (χ2n) is 3.24. The Bertz CT molecular complexity index is 157. The van der Waals surface area contributed by atoms with Gasteiger partial charge in [0.15, 0.2) is 6.29 Å². The highest BCUT2D eigenvalue weighted by atomic mass is 16.7. The Hall–Kier alpha value is -0.200. The van der Waals surface area contributed by atoms with E-state index in [2.05, 4.69) is 0 Å². The Kier molecular flexibility index (Phi) is 2.70. The van der Waals surface area contributed by atoms with Crippen LogP contribution in [0.2, 0.25) is 0 Å². The lowest BCUT2D eigenvalue weighted by molar-refractivity contribution is -0.141. The summed E-state index contributed by atoms with van der Waals surface area (Å²) in [6.45, 7) is 1.37. The van der Waals surface area contributed by atoms with E-state index < -0.39 is 24.0 Å². The smallest absolute Gasteiger partial charge is 0.177 e. The highest BCUT2D eigenvalue weighted by Gasteiger charge is 2.50. The van der Waals surface area contributed by atoms with Crippen molar-refractivity contribution in [3.63, 3.8) is 0 Å². The fourth-order valence-electron chi connectivity index (χ4n) is 1.37. The Morgan fingerprint density at radius 2 is 2.25 bits per heavy atom. The summed E-state index contributed by atoms with van der Waals surface area (Å²) in [6, 6.07) is 0. The quantitative estimate of drug-likeness (QED) is 0.474. The van der Waals surface area contributed by atoms with Crippen LogP contribution in [0.3, 0.4) is 0 Å². The zero-order chi connectivity index (χ0) is 9.35. The van der Waals surface area contributed by atoms with Crippen LogP contribution in [0.5, 0.6) is 0 Å². The van der Waals surface area contributed by atoms with Crippen LogP contribution >= 0.6 is 0 Å². The Morgan fingerprint density at radius 1 is 1.67 bits per heavy atom. The van der Waals surface area contributed by atoms with Crippen molar-refractivity contribution < 1.29 is 19.7 Å². The summed E-state index contributed by atoms with van der Waals surface area (Å²) < 4.78 is 10.1. The van der Waals surface area contributed by atoms with E-state index in [1.54, 1.807) is 6.92 Å². The standard InChI is InChI=1S/C7H15NO4/c1-7(8)5(10)4(3-9)12-6(7)11-2/h4-6,9-10H,3,8H2,1-2H3. The second-order valence-corrected chi connectivity index (χ2v) is 3.24. The molecule has 1 heterocycles. The molecular weight excluding hydrogens is 162 g/mol. The SMILES string of the molecule is COC1OC(CO)C(O)C1(C)N. The van der Waals surface area contributed by atoms with Crippen molar-refractivity contribution in [3.05, 3.63) is 0 Å². The molecule has 5 nitrogen and oxygen atoms in total. The summed E-state index contributed by atoms with van der Waals surface area (Å²) in [5, 5.41) is 18.3. The van der Waals surface area contributed by atoms with E-state index in [4.69, 9.17) is 20.3 Å². The molecule has 1 aliphatic heterocycles. The number of ether oxygens (including phenoxy) is 2. The normalized spacial score (nSPS) is 48.2. The van der Waals surface area contributed by atoms with E-state index in [-0.39, 0.29) is 6.61 Å². The topological polar surface area (TPSA) is 84.9 Å². The lowest BCUT2D eigenvalue weighted by atomic mass is 9.95. The van der Waals surface area contributed by atoms with E-state index in [0.717, 1.165) is 0 Å². The monoisotopic (exact) mass is 177 g/mol. The van der Waals surface area contributed by atoms with Crippen molar-refractivity contribution in [2.45, 2.75) is 31.0 Å². The van der Waals surface area contributed by atoms with Gasteiger partial charge in [-0.15, -0.1) is 0 Å². The summed E-state index contributed by atoms with van der Waals surface area (Å²) >= 11 is 0. The highest BCUT2D eigenvalue weighted by molar-refractivity contribution is 5.00. The number of aliphatic hydroxyl groups is 2. The highest BCUT2D eigenvalue weighted by Crippen LogP contribution is 2.28. The molecular formula is C7H15NO4. The predicted octanol–water partition coefficient (Wildman–Crippen LogP) is -1.57. The zero-order valence-corrected chi connectivity index (χ0v) is 7.23. The number of methoxy groups -OCH3 is 1. The van der Waals surface area contributed by atoms with Gasteiger partial charge in [0, 0.05) is 7.11 Å². The fourth-order valence-corrected chi connectivity index (χ4v) is 1.37. The Balaban J connectivity index is 2.73. The molecule has 4 N–H and O–H groups in total. The molecule has 0 aromatic heterocycles. The lowest BCUT2D eigenvalue weighted by Gasteiger charge is -2.26. The predicted molar refractivity (Wildman–Crippen MR) is 41.4 cm³/mol. The third-order valence-electron chi connectivity index (χ3n) is 2.19. The Labute approximate surface area is 71.1 Å². The van der Waals surface area contributed by atoms with Crippen molar-refractivity contribution in [1.29, 1.82) is 0 Å². The molecule has 5 heteroatoms. The molecule has 4 unspecified atom stereocenters. The van der Waals surface area contributed by atoms with Gasteiger partial charge in [-0.25, -0.2) is 0 Å². The number of aliphatic hydroxyl groups excluding tert-OH is 2. The van der Waals surface area contributed by atoms with Crippen LogP contribution in [0.1, 0.15) is 6.92 Å². The van der Waals surface area contributed by atoms with Gasteiger partial charge in [0.1, 0.15) is 12.2 Å². The molecule has 0 spiro atoms. The molecule has 12 heavy (non-hydrogen) atoms. The van der Waals surface area contributed by atoms with Gasteiger partial charge in [0.25, 0.3) is 0 Å². The van der Waals surface area contributed by atoms with Gasteiger partial charge in [0.05, 0.1) is 12.1 Å². The van der Waals surface area contributed by atoms with E-state index in [1.807, 2.05) is 0 Å². The average Bonchev–Trinajstić information content (AvgIpc) is 2.25. The average molecular weight is 177 g/mol. The Morgan fingerprint density at radius 3 is 2.50 bits per heavy atom. The molecule has 0 radical (unpaired) electrons. The fraction of sp³-hybridized carbons (Fsp3) is 1.00. The van der Waals surface area contributed by atoms with Gasteiger partial charge >= 0.3 is 0 Å². The maximum atomic E-state index is 9.53. The third-order valence-corrected chi connectivity index (χ3v) is 2.19. The first-order chi connectivity index (χ1) is 5.54. The van der Waals surface area contributed by atoms with E-state index in [1.165, 1.54) is 7.11 Å². The number of hydrogen-bond donors (Lipinski definition) is 3. The molecule has 1 saturated heterocycles. The molecule has 0 aromatic rings. The number of hydrogen-bond acceptors (Lipinski definition) is 5. The molecule has 0 aliphatic carbocycles. The molecule has 1 fully saturated rings. The summed E-state index contributed by atoms with van der Waals surface area (Å²) in [7, 11) is 1.45. The van der Waals surface area contributed by atoms with Gasteiger partial charge in [-0.3, -0.25) is 0 Å². The van der Waals surface area contributed by atoms with Gasteiger partial charge in [-0.1, -0.05) is 0 Å². The van der Waals surface area contributed by atoms with E-state index >= 15 is 0 Å². The van der Waals surface area contributed by atoms with Crippen LogP contribution in [0.25, 0.3) is 0 Å².